The highest BCUT2D eigenvalue weighted by atomic mass is 32.2. The summed E-state index contributed by atoms with van der Waals surface area (Å²) >= 11 is 0. The molecule has 3 heterocycles. The molecule has 67 heavy (non-hydrogen) atoms. The third-order valence-corrected chi connectivity index (χ3v) is 14.9. The number of amides is 2. The Hall–Kier alpha value is -4.48. The van der Waals surface area contributed by atoms with Crippen LogP contribution in [0, 0.1) is 0 Å². The monoisotopic (exact) mass is 1020 g/mol. The number of methoxy groups -OCH3 is 1. The second kappa shape index (κ2) is 21.4. The summed E-state index contributed by atoms with van der Waals surface area (Å²) in [7, 11) is -17.8. The molecule has 0 aromatic heterocycles. The van der Waals surface area contributed by atoms with Gasteiger partial charge < -0.3 is 42.2 Å². The largest absolute Gasteiger partial charge is 0.748 e. The van der Waals surface area contributed by atoms with Gasteiger partial charge in [0.05, 0.1) is 68.3 Å². The highest BCUT2D eigenvalue weighted by Crippen LogP contribution is 2.51. The van der Waals surface area contributed by atoms with Crippen molar-refractivity contribution in [1.29, 1.82) is 0 Å². The fourth-order valence-corrected chi connectivity index (χ4v) is 10.4. The molecule has 370 valence electrons. The molecule has 0 N–H and O–H groups in total. The van der Waals surface area contributed by atoms with Gasteiger partial charge in [0.2, 0.25) is 5.69 Å². The lowest BCUT2D eigenvalue weighted by Gasteiger charge is -2.30. The zero-order valence-electron chi connectivity index (χ0n) is 36.7. The number of carbonyl (C=O) groups is 3. The summed E-state index contributed by atoms with van der Waals surface area (Å²) in [5, 5.41) is 0.427. The van der Waals surface area contributed by atoms with Gasteiger partial charge in [-0.3, -0.25) is 9.59 Å². The van der Waals surface area contributed by atoms with E-state index in [0.29, 0.717) is 39.0 Å². The van der Waals surface area contributed by atoms with Crippen LogP contribution in [0.25, 0.3) is 0 Å². The smallest absolute Gasteiger partial charge is 0.335 e. The van der Waals surface area contributed by atoms with Crippen molar-refractivity contribution in [3.05, 3.63) is 71.5 Å². The third kappa shape index (κ3) is 13.4. The van der Waals surface area contributed by atoms with Crippen LogP contribution in [0.15, 0.2) is 70.1 Å². The Morgan fingerprint density at radius 1 is 0.746 bits per heavy atom. The van der Waals surface area contributed by atoms with Crippen LogP contribution in [0.4, 0.5) is 11.4 Å². The van der Waals surface area contributed by atoms with Crippen LogP contribution < -0.4 is 4.90 Å². The topological polar surface area (TPSA) is 326 Å². The number of hydrogen-bond donors (Lipinski definition) is 0. The minimum atomic E-state index is -4.99. The zero-order chi connectivity index (χ0) is 49.6. The van der Waals surface area contributed by atoms with Gasteiger partial charge in [0, 0.05) is 72.5 Å². The van der Waals surface area contributed by atoms with Crippen molar-refractivity contribution in [2.24, 2.45) is 0 Å². The fraction of sp³-hybridized carbons (Fsp3) is 0.512. The molecule has 0 radical (unpaired) electrons. The van der Waals surface area contributed by atoms with Crippen LogP contribution in [-0.4, -0.2) is 150 Å². The molecule has 0 aliphatic carbocycles. The summed E-state index contributed by atoms with van der Waals surface area (Å²) in [5.41, 5.74) is 0.0399. The molecule has 5 rings (SSSR count). The van der Waals surface area contributed by atoms with E-state index in [1.54, 1.807) is 41.6 Å². The first kappa shape index (κ1) is 53.5. The second-order valence-corrected chi connectivity index (χ2v) is 22.1. The molecule has 1 saturated heterocycles. The summed E-state index contributed by atoms with van der Waals surface area (Å²) in [4.78, 5) is 41.0. The molecule has 2 unspecified atom stereocenters. The van der Waals surface area contributed by atoms with Crippen LogP contribution in [0.1, 0.15) is 69.9 Å². The Labute approximate surface area is 389 Å². The number of carbonyl (C=O) groups excluding carboxylic acids is 3. The minimum absolute atomic E-state index is 0.000706. The van der Waals surface area contributed by atoms with E-state index in [2.05, 4.69) is 0 Å². The predicted molar refractivity (Wildman–Crippen MR) is 231 cm³/mol. The number of anilines is 1. The number of fused-ring (bicyclic) bond motifs is 2. The van der Waals surface area contributed by atoms with Gasteiger partial charge in [0.1, 0.15) is 26.8 Å². The highest BCUT2D eigenvalue weighted by Gasteiger charge is 2.48. The zero-order valence-corrected chi connectivity index (χ0v) is 40.0. The number of benzene rings is 2. The summed E-state index contributed by atoms with van der Waals surface area (Å²) in [6.45, 7) is 3.70. The van der Waals surface area contributed by atoms with Gasteiger partial charge >= 0.3 is 5.97 Å². The van der Waals surface area contributed by atoms with Crippen molar-refractivity contribution in [2.75, 3.05) is 69.6 Å². The number of hydroxylamine groups is 2. The van der Waals surface area contributed by atoms with Gasteiger partial charge in [-0.1, -0.05) is 6.08 Å². The van der Waals surface area contributed by atoms with E-state index in [1.165, 1.54) is 31.4 Å². The molecule has 1 fully saturated rings. The second-order valence-electron chi connectivity index (χ2n) is 16.3. The molecule has 0 saturated carbocycles. The van der Waals surface area contributed by atoms with E-state index < -0.39 is 90.4 Å². The Kier molecular flexibility index (Phi) is 17.1. The van der Waals surface area contributed by atoms with Crippen LogP contribution in [0.3, 0.4) is 0 Å². The van der Waals surface area contributed by atoms with Crippen molar-refractivity contribution in [3.63, 3.8) is 0 Å². The van der Waals surface area contributed by atoms with E-state index in [1.807, 2.05) is 0 Å². The van der Waals surface area contributed by atoms with E-state index in [4.69, 9.17) is 19.0 Å². The summed E-state index contributed by atoms with van der Waals surface area (Å²) in [6.07, 6.45) is 4.15. The first-order valence-corrected chi connectivity index (χ1v) is 26.8. The van der Waals surface area contributed by atoms with Crippen molar-refractivity contribution < 1.29 is 89.9 Å². The average molecular weight is 1020 g/mol. The molecule has 2 amide bonds. The lowest BCUT2D eigenvalue weighted by atomic mass is 9.75. The number of hydrogen-bond acceptors (Lipinski definition) is 20. The van der Waals surface area contributed by atoms with Gasteiger partial charge in [-0.2, -0.15) is 4.58 Å². The maximum Gasteiger partial charge on any atom is 0.335 e. The fourth-order valence-electron chi connectivity index (χ4n) is 8.44. The van der Waals surface area contributed by atoms with Crippen molar-refractivity contribution in [2.45, 2.75) is 79.4 Å². The quantitative estimate of drug-likeness (QED) is 0.0587. The van der Waals surface area contributed by atoms with Gasteiger partial charge in [0.15, 0.2) is 12.3 Å². The number of nitrogens with zero attached hydrogens (tertiary/aromatic N) is 3. The normalized spacial score (nSPS) is 20.7. The summed E-state index contributed by atoms with van der Waals surface area (Å²) in [6, 6.07) is 7.51. The molecule has 22 nitrogen and oxygen atoms in total. The molecule has 0 bridgehead atoms. The minimum Gasteiger partial charge on any atom is -0.748 e. The van der Waals surface area contributed by atoms with Gasteiger partial charge in [-0.05, 0) is 81.5 Å². The van der Waals surface area contributed by atoms with Crippen LogP contribution >= 0.6 is 0 Å². The molecule has 2 aromatic rings. The van der Waals surface area contributed by atoms with Crippen molar-refractivity contribution in [1.82, 2.24) is 5.06 Å². The Balaban J connectivity index is 1.50. The molecule has 26 heteroatoms. The number of imide groups is 1. The maximum atomic E-state index is 12.3. The molecule has 3 aliphatic heterocycles. The van der Waals surface area contributed by atoms with Gasteiger partial charge in [0.25, 0.3) is 11.8 Å². The Bertz CT molecular complexity index is 2780. The van der Waals surface area contributed by atoms with E-state index in [9.17, 15) is 66.3 Å². The number of rotatable bonds is 25. The van der Waals surface area contributed by atoms with Gasteiger partial charge in [-0.15, -0.1) is 5.06 Å². The van der Waals surface area contributed by atoms with Gasteiger partial charge in [-0.25, -0.2) is 38.5 Å². The van der Waals surface area contributed by atoms with E-state index in [0.717, 1.165) is 12.1 Å². The maximum absolute atomic E-state index is 12.3. The number of ether oxygens (including phenoxy) is 3. The molecule has 2 aromatic carbocycles. The Morgan fingerprint density at radius 3 is 1.87 bits per heavy atom. The molecule has 0 spiro atoms. The van der Waals surface area contributed by atoms with Crippen LogP contribution in [0.2, 0.25) is 0 Å². The molecular weight excluding hydrogens is 967 g/mol. The Morgan fingerprint density at radius 2 is 1.30 bits per heavy atom. The van der Waals surface area contributed by atoms with E-state index >= 15 is 0 Å². The van der Waals surface area contributed by atoms with E-state index in [-0.39, 0.29) is 91.1 Å². The van der Waals surface area contributed by atoms with Crippen LogP contribution in [0.5, 0.6) is 0 Å². The average Bonchev–Trinajstić information content (AvgIpc) is 3.75. The SMILES string of the molecule is COCCN1C(=CC=CC2=[N+](CCOCCOCCC(=O)ON3C(=O)CCC3=O)c3ccc(S(=O)(=O)[O-])cc3C2(C)CCCS(=O)(=O)[O-])C(C)(CCCS(=O)(=O)[O-])c2cc(S(=O)(=O)[O-])ccc21. The first-order valence-electron chi connectivity index (χ1n) is 20.8. The van der Waals surface area contributed by atoms with Crippen LogP contribution in [-0.2, 0) is 84.7 Å². The lowest BCUT2D eigenvalue weighted by Crippen LogP contribution is -2.33. The van der Waals surface area contributed by atoms with Crippen molar-refractivity contribution in [3.8, 4) is 0 Å². The molecule has 2 atom stereocenters. The summed E-state index contributed by atoms with van der Waals surface area (Å²) < 4.78 is 162. The lowest BCUT2D eigenvalue weighted by molar-refractivity contribution is -0.442. The summed E-state index contributed by atoms with van der Waals surface area (Å²) in [5.74, 6) is -3.60. The standard InChI is InChI=1S/C41H53N3O19S4/c1-40(16-5-25-64(48,49)50)31-27-29(66(54,55)56)9-11-33(31)42(18-21-60-3)35(40)7-4-8-36-41(2,17-6-26-65(51,52)53)32-28-30(67(57,58)59)10-12-34(32)43(36)19-22-62-24-23-61-20-15-39(47)63-44-37(45)13-14-38(44)46/h4,7-12,27-28H,5-6,13-26H2,1-3H3,(H3-,48,49,50,51,52,53,54,55,56,57,58,59)/p-3. The molecule has 3 aliphatic rings. The molecular formula is C41H50N3O19S4-3. The third-order valence-electron chi connectivity index (χ3n) is 11.6. The van der Waals surface area contributed by atoms with Crippen molar-refractivity contribution >= 4 is 75.3 Å². The predicted octanol–water partition coefficient (Wildman–Crippen LogP) is 1.40. The number of allylic oxidation sites excluding steroid dienone is 4. The first-order chi connectivity index (χ1) is 31.2. The highest BCUT2D eigenvalue weighted by molar-refractivity contribution is 7.86.